The fourth-order valence-corrected chi connectivity index (χ4v) is 1.01. The first-order valence-corrected chi connectivity index (χ1v) is 4.98. The molecule has 0 aliphatic heterocycles. The molecule has 1 atom stereocenters. The second kappa shape index (κ2) is 7.44. The fraction of sp³-hybridized carbons (Fsp3) is 0.667. The normalized spacial score (nSPS) is 11.5. The Balaban J connectivity index is 4.30. The maximum absolute atomic E-state index is 11.5. The average molecular weight is 247 g/mol. The molecule has 0 aliphatic carbocycles. The molecule has 0 fully saturated rings. The Morgan fingerprint density at radius 1 is 1.35 bits per heavy atom. The van der Waals surface area contributed by atoms with Crippen LogP contribution in [0.15, 0.2) is 0 Å². The number of aliphatic hydroxyl groups is 1. The van der Waals surface area contributed by atoms with Crippen molar-refractivity contribution in [1.82, 2.24) is 15.5 Å². The Morgan fingerprint density at radius 2 is 1.94 bits per heavy atom. The number of amides is 3. The molecule has 0 heterocycles. The maximum Gasteiger partial charge on any atom is 0.326 e. The van der Waals surface area contributed by atoms with Crippen molar-refractivity contribution in [2.24, 2.45) is 0 Å². The van der Waals surface area contributed by atoms with Gasteiger partial charge in [-0.05, 0) is 0 Å². The van der Waals surface area contributed by atoms with E-state index in [1.165, 1.54) is 14.1 Å². The number of carboxylic acids is 1. The first kappa shape index (κ1) is 15.2. The highest BCUT2D eigenvalue weighted by atomic mass is 16.4. The summed E-state index contributed by atoms with van der Waals surface area (Å²) in [6, 6.07) is -1.85. The van der Waals surface area contributed by atoms with E-state index < -0.39 is 18.0 Å². The molecule has 0 saturated carbocycles. The second-order valence-electron chi connectivity index (χ2n) is 3.38. The molecule has 0 aromatic carbocycles. The van der Waals surface area contributed by atoms with Gasteiger partial charge in [0, 0.05) is 27.1 Å². The van der Waals surface area contributed by atoms with E-state index >= 15 is 0 Å². The average Bonchev–Trinajstić information content (AvgIpc) is 2.27. The third kappa shape index (κ3) is 5.71. The van der Waals surface area contributed by atoms with Gasteiger partial charge in [-0.3, -0.25) is 4.79 Å². The molecule has 0 saturated heterocycles. The van der Waals surface area contributed by atoms with Crippen molar-refractivity contribution in [3.8, 4) is 0 Å². The number of aliphatic hydroxyl groups excluding tert-OH is 1. The number of hydrogen-bond donors (Lipinski definition) is 4. The molecule has 0 aromatic heterocycles. The molecule has 0 spiro atoms. The van der Waals surface area contributed by atoms with E-state index in [0.29, 0.717) is 0 Å². The van der Waals surface area contributed by atoms with Gasteiger partial charge in [0.2, 0.25) is 5.91 Å². The van der Waals surface area contributed by atoms with Crippen LogP contribution in [0, 0.1) is 0 Å². The van der Waals surface area contributed by atoms with Crippen molar-refractivity contribution < 1.29 is 24.6 Å². The molecule has 0 bridgehead atoms. The van der Waals surface area contributed by atoms with Crippen LogP contribution in [0.1, 0.15) is 6.42 Å². The van der Waals surface area contributed by atoms with Gasteiger partial charge in [-0.1, -0.05) is 0 Å². The molecule has 4 N–H and O–H groups in total. The number of likely N-dealkylation sites (N-methyl/N-ethyl adjacent to an activating group) is 2. The molecule has 8 heteroatoms. The van der Waals surface area contributed by atoms with E-state index in [9.17, 15) is 14.4 Å². The Bertz CT molecular complexity index is 294. The van der Waals surface area contributed by atoms with Crippen LogP contribution in [0.5, 0.6) is 0 Å². The van der Waals surface area contributed by atoms with Gasteiger partial charge in [0.25, 0.3) is 0 Å². The van der Waals surface area contributed by atoms with E-state index in [0.717, 1.165) is 4.90 Å². The minimum absolute atomic E-state index is 0.0884. The number of nitrogens with one attached hydrogen (secondary N) is 2. The van der Waals surface area contributed by atoms with Crippen molar-refractivity contribution in [2.75, 3.05) is 27.2 Å². The van der Waals surface area contributed by atoms with E-state index in [2.05, 4.69) is 10.6 Å². The number of urea groups is 1. The van der Waals surface area contributed by atoms with Gasteiger partial charge in [-0.2, -0.15) is 0 Å². The summed E-state index contributed by atoms with van der Waals surface area (Å²) in [7, 11) is 2.79. The molecule has 0 unspecified atom stereocenters. The van der Waals surface area contributed by atoms with Crippen molar-refractivity contribution in [3.63, 3.8) is 0 Å². The van der Waals surface area contributed by atoms with Gasteiger partial charge in [0.15, 0.2) is 0 Å². The van der Waals surface area contributed by atoms with Gasteiger partial charge in [-0.25, -0.2) is 9.59 Å². The number of carbonyl (C=O) groups excluding carboxylic acids is 2. The van der Waals surface area contributed by atoms with Crippen molar-refractivity contribution >= 4 is 17.9 Å². The Labute approximate surface area is 98.6 Å². The molecule has 8 nitrogen and oxygen atoms in total. The molecule has 0 aliphatic rings. The summed E-state index contributed by atoms with van der Waals surface area (Å²) >= 11 is 0. The topological polar surface area (TPSA) is 119 Å². The molecule has 0 radical (unpaired) electrons. The number of hydrogen-bond acceptors (Lipinski definition) is 4. The summed E-state index contributed by atoms with van der Waals surface area (Å²) in [5, 5.41) is 21.9. The number of aliphatic carboxylic acids is 1. The summed E-state index contributed by atoms with van der Waals surface area (Å²) in [4.78, 5) is 34.2. The molecular formula is C9H17N3O5. The van der Waals surface area contributed by atoms with E-state index in [-0.39, 0.29) is 25.5 Å². The fourth-order valence-electron chi connectivity index (χ4n) is 1.01. The van der Waals surface area contributed by atoms with E-state index in [1.54, 1.807) is 0 Å². The zero-order valence-corrected chi connectivity index (χ0v) is 9.77. The predicted molar refractivity (Wildman–Crippen MR) is 58.4 cm³/mol. The minimum atomic E-state index is -1.24. The summed E-state index contributed by atoms with van der Waals surface area (Å²) < 4.78 is 0. The van der Waals surface area contributed by atoms with Crippen LogP contribution in [0.2, 0.25) is 0 Å². The quantitative estimate of drug-likeness (QED) is 0.442. The largest absolute Gasteiger partial charge is 0.480 e. The minimum Gasteiger partial charge on any atom is -0.480 e. The summed E-state index contributed by atoms with van der Waals surface area (Å²) in [5.41, 5.74) is 0. The predicted octanol–water partition coefficient (Wildman–Crippen LogP) is -1.79. The van der Waals surface area contributed by atoms with Crippen LogP contribution in [0.3, 0.4) is 0 Å². The first-order chi connectivity index (χ1) is 7.92. The Morgan fingerprint density at radius 3 is 2.35 bits per heavy atom. The second-order valence-corrected chi connectivity index (χ2v) is 3.38. The maximum atomic E-state index is 11.5. The third-order valence-corrected chi connectivity index (χ3v) is 2.02. The van der Waals surface area contributed by atoms with E-state index in [1.807, 2.05) is 0 Å². The SMILES string of the molecule is CNC(=O)CN(C)C(=O)N[C@@H](CCO)C(=O)O. The van der Waals surface area contributed by atoms with Crippen molar-refractivity contribution in [1.29, 1.82) is 0 Å². The van der Waals surface area contributed by atoms with Crippen molar-refractivity contribution in [3.05, 3.63) is 0 Å². The highest BCUT2D eigenvalue weighted by Gasteiger charge is 2.21. The van der Waals surface area contributed by atoms with E-state index in [4.69, 9.17) is 10.2 Å². The monoisotopic (exact) mass is 247 g/mol. The van der Waals surface area contributed by atoms with Crippen LogP contribution in [-0.4, -0.2) is 66.3 Å². The van der Waals surface area contributed by atoms with Gasteiger partial charge in [0.05, 0.1) is 0 Å². The zero-order chi connectivity index (χ0) is 13.4. The molecular weight excluding hydrogens is 230 g/mol. The lowest BCUT2D eigenvalue weighted by Crippen LogP contribution is -2.49. The van der Waals surface area contributed by atoms with Crippen LogP contribution in [-0.2, 0) is 9.59 Å². The Hall–Kier alpha value is -1.83. The molecule has 98 valence electrons. The number of carboxylic acid groups (broad SMARTS) is 1. The van der Waals surface area contributed by atoms with Crippen LogP contribution < -0.4 is 10.6 Å². The number of nitrogens with zero attached hydrogens (tertiary/aromatic N) is 1. The lowest BCUT2D eigenvalue weighted by molar-refractivity contribution is -0.139. The summed E-state index contributed by atoms with van der Waals surface area (Å²) in [6.07, 6.45) is -0.0884. The summed E-state index contributed by atoms with van der Waals surface area (Å²) in [6.45, 7) is -0.524. The molecule has 0 aromatic rings. The van der Waals surface area contributed by atoms with Gasteiger partial charge >= 0.3 is 12.0 Å². The van der Waals surface area contributed by atoms with Crippen molar-refractivity contribution in [2.45, 2.75) is 12.5 Å². The molecule has 17 heavy (non-hydrogen) atoms. The highest BCUT2D eigenvalue weighted by molar-refractivity contribution is 5.86. The van der Waals surface area contributed by atoms with Gasteiger partial charge < -0.3 is 25.7 Å². The van der Waals surface area contributed by atoms with Gasteiger partial charge in [-0.15, -0.1) is 0 Å². The Kier molecular flexibility index (Phi) is 6.64. The third-order valence-electron chi connectivity index (χ3n) is 2.02. The van der Waals surface area contributed by atoms with Crippen LogP contribution >= 0.6 is 0 Å². The smallest absolute Gasteiger partial charge is 0.326 e. The van der Waals surface area contributed by atoms with Gasteiger partial charge in [0.1, 0.15) is 12.6 Å². The van der Waals surface area contributed by atoms with Crippen LogP contribution in [0.25, 0.3) is 0 Å². The lowest BCUT2D eigenvalue weighted by Gasteiger charge is -2.20. The first-order valence-electron chi connectivity index (χ1n) is 4.98. The molecule has 3 amide bonds. The molecule has 0 rings (SSSR count). The number of carbonyl (C=O) groups is 3. The highest BCUT2D eigenvalue weighted by Crippen LogP contribution is 1.94. The zero-order valence-electron chi connectivity index (χ0n) is 9.77. The number of rotatable bonds is 6. The lowest BCUT2D eigenvalue weighted by atomic mass is 10.2. The summed E-state index contributed by atoms with van der Waals surface area (Å²) in [5.74, 6) is -1.60. The standard InChI is InChI=1S/C9H17N3O5/c1-10-7(14)5-12(2)9(17)11-6(3-4-13)8(15)16/h6,13H,3-5H2,1-2H3,(H,10,14)(H,11,17)(H,15,16)/t6-/m0/s1. The van der Waals surface area contributed by atoms with Crippen LogP contribution in [0.4, 0.5) is 4.79 Å².